The minimum Gasteiger partial charge on any atom is -0.313 e. The van der Waals surface area contributed by atoms with E-state index in [9.17, 15) is 4.39 Å². The molecule has 0 unspecified atom stereocenters. The highest BCUT2D eigenvalue weighted by Gasteiger charge is 2.11. The smallest absolute Gasteiger partial charge is 0.128 e. The molecule has 0 aliphatic heterocycles. The van der Waals surface area contributed by atoms with Crippen LogP contribution in [0.1, 0.15) is 18.9 Å². The first kappa shape index (κ1) is 15.3. The van der Waals surface area contributed by atoms with Gasteiger partial charge in [0, 0.05) is 23.2 Å². The summed E-state index contributed by atoms with van der Waals surface area (Å²) in [4.78, 5) is 5.07. The van der Waals surface area contributed by atoms with E-state index in [0.29, 0.717) is 22.2 Å². The lowest BCUT2D eigenvalue weighted by molar-refractivity contribution is 0.578. The normalized spacial score (nSPS) is 10.8. The molecule has 1 aromatic heterocycles. The summed E-state index contributed by atoms with van der Waals surface area (Å²) < 4.78 is 14.0. The molecular weight excluding hydrogens is 295 g/mol. The van der Waals surface area contributed by atoms with E-state index in [-0.39, 0.29) is 5.82 Å². The summed E-state index contributed by atoms with van der Waals surface area (Å²) in [6.07, 6.45) is 2.70. The first-order chi connectivity index (χ1) is 9.72. The Balaban J connectivity index is 2.23. The lowest BCUT2D eigenvalue weighted by atomic mass is 10.2. The van der Waals surface area contributed by atoms with Crippen LogP contribution < -0.4 is 5.32 Å². The van der Waals surface area contributed by atoms with Crippen molar-refractivity contribution in [2.24, 2.45) is 0 Å². The van der Waals surface area contributed by atoms with Crippen LogP contribution in [0.2, 0.25) is 5.02 Å². The van der Waals surface area contributed by atoms with Gasteiger partial charge in [0.1, 0.15) is 10.8 Å². The summed E-state index contributed by atoms with van der Waals surface area (Å²) in [5, 5.41) is 4.50. The van der Waals surface area contributed by atoms with Crippen LogP contribution in [0.3, 0.4) is 0 Å². The van der Waals surface area contributed by atoms with Crippen molar-refractivity contribution in [3.8, 4) is 0 Å². The number of nitrogens with zero attached hydrogens (tertiary/aromatic N) is 1. The predicted molar refractivity (Wildman–Crippen MR) is 81.8 cm³/mol. The minimum atomic E-state index is -0.203. The van der Waals surface area contributed by atoms with Gasteiger partial charge in [-0.2, -0.15) is 0 Å². The maximum atomic E-state index is 14.0. The van der Waals surface area contributed by atoms with Crippen molar-refractivity contribution in [1.82, 2.24) is 10.3 Å². The molecule has 0 bridgehead atoms. The third-order valence-electron chi connectivity index (χ3n) is 2.74. The van der Waals surface area contributed by atoms with Gasteiger partial charge in [-0.05, 0) is 37.2 Å². The van der Waals surface area contributed by atoms with Crippen molar-refractivity contribution in [3.63, 3.8) is 0 Å². The van der Waals surface area contributed by atoms with Crippen LogP contribution in [0.4, 0.5) is 4.39 Å². The Bertz CT molecular complexity index is 578. The molecule has 2 nitrogen and oxygen atoms in total. The zero-order chi connectivity index (χ0) is 14.4. The monoisotopic (exact) mass is 310 g/mol. The topological polar surface area (TPSA) is 24.9 Å². The van der Waals surface area contributed by atoms with Crippen molar-refractivity contribution in [2.45, 2.75) is 29.8 Å². The van der Waals surface area contributed by atoms with E-state index >= 15 is 0 Å². The lowest BCUT2D eigenvalue weighted by Crippen LogP contribution is -2.15. The summed E-state index contributed by atoms with van der Waals surface area (Å²) >= 11 is 7.49. The van der Waals surface area contributed by atoms with Crippen molar-refractivity contribution in [3.05, 3.63) is 52.9 Å². The number of hydrogen-bond donors (Lipinski definition) is 1. The second-order valence-electron chi connectivity index (χ2n) is 4.29. The summed E-state index contributed by atoms with van der Waals surface area (Å²) in [6.45, 7) is 3.45. The van der Waals surface area contributed by atoms with Gasteiger partial charge >= 0.3 is 0 Å². The van der Waals surface area contributed by atoms with Gasteiger partial charge in [0.25, 0.3) is 0 Å². The zero-order valence-corrected chi connectivity index (χ0v) is 12.8. The Hall–Kier alpha value is -1.10. The first-order valence-electron chi connectivity index (χ1n) is 6.49. The zero-order valence-electron chi connectivity index (χ0n) is 11.2. The molecule has 0 aliphatic carbocycles. The summed E-state index contributed by atoms with van der Waals surface area (Å²) in [7, 11) is 0. The van der Waals surface area contributed by atoms with Gasteiger partial charge < -0.3 is 5.32 Å². The predicted octanol–water partition coefficient (Wildman–Crippen LogP) is 4.52. The Kier molecular flexibility index (Phi) is 5.83. The fourth-order valence-electron chi connectivity index (χ4n) is 1.75. The number of nitrogens with one attached hydrogen (secondary N) is 1. The van der Waals surface area contributed by atoms with Gasteiger partial charge in [-0.15, -0.1) is 0 Å². The number of hydrogen-bond acceptors (Lipinski definition) is 3. The number of benzene rings is 1. The summed E-state index contributed by atoms with van der Waals surface area (Å²) in [5.74, 6) is -0.203. The van der Waals surface area contributed by atoms with Gasteiger partial charge in [-0.25, -0.2) is 9.37 Å². The fourth-order valence-corrected chi connectivity index (χ4v) is 2.91. The molecule has 0 fully saturated rings. The highest BCUT2D eigenvalue weighted by Crippen LogP contribution is 2.34. The van der Waals surface area contributed by atoms with Crippen LogP contribution in [0.15, 0.2) is 46.5 Å². The molecule has 0 aliphatic rings. The summed E-state index contributed by atoms with van der Waals surface area (Å²) in [6, 6.07) is 8.64. The molecule has 0 amide bonds. The quantitative estimate of drug-likeness (QED) is 0.794. The molecule has 0 spiro atoms. The Labute approximate surface area is 127 Å². The van der Waals surface area contributed by atoms with Gasteiger partial charge in [0.2, 0.25) is 0 Å². The SMILES string of the molecule is CCCNCc1c(F)cccc1Sc1ncccc1Cl. The molecule has 0 atom stereocenters. The van der Waals surface area contributed by atoms with E-state index in [4.69, 9.17) is 11.6 Å². The minimum absolute atomic E-state index is 0.203. The number of halogens is 2. The molecule has 1 heterocycles. The molecule has 1 N–H and O–H groups in total. The molecule has 2 aromatic rings. The van der Waals surface area contributed by atoms with E-state index in [2.05, 4.69) is 17.2 Å². The van der Waals surface area contributed by atoms with Crippen molar-refractivity contribution in [2.75, 3.05) is 6.54 Å². The number of aromatic nitrogens is 1. The van der Waals surface area contributed by atoms with Crippen LogP contribution >= 0.6 is 23.4 Å². The van der Waals surface area contributed by atoms with E-state index in [1.165, 1.54) is 17.8 Å². The van der Waals surface area contributed by atoms with Crippen LogP contribution in [0, 0.1) is 5.82 Å². The van der Waals surface area contributed by atoms with Gasteiger partial charge in [0.05, 0.1) is 5.02 Å². The second kappa shape index (κ2) is 7.62. The molecule has 106 valence electrons. The molecule has 0 saturated heterocycles. The first-order valence-corrected chi connectivity index (χ1v) is 7.68. The average Bonchev–Trinajstić information content (AvgIpc) is 2.44. The number of pyridine rings is 1. The third kappa shape index (κ3) is 3.95. The van der Waals surface area contributed by atoms with Gasteiger partial charge in [0.15, 0.2) is 0 Å². The standard InChI is InChI=1S/C15H16ClFN2S/c1-2-8-18-10-11-13(17)6-3-7-14(11)20-15-12(16)5-4-9-19-15/h3-7,9,18H,2,8,10H2,1H3. The van der Waals surface area contributed by atoms with E-state index in [1.807, 2.05) is 6.07 Å². The molecular formula is C15H16ClFN2S. The maximum absolute atomic E-state index is 14.0. The summed E-state index contributed by atoms with van der Waals surface area (Å²) in [5.41, 5.74) is 0.660. The lowest BCUT2D eigenvalue weighted by Gasteiger charge is -2.11. The molecule has 2 rings (SSSR count). The van der Waals surface area contributed by atoms with Crippen molar-refractivity contribution in [1.29, 1.82) is 0 Å². The van der Waals surface area contributed by atoms with Crippen molar-refractivity contribution >= 4 is 23.4 Å². The molecule has 20 heavy (non-hydrogen) atoms. The molecule has 0 radical (unpaired) electrons. The molecule has 0 saturated carbocycles. The van der Waals surface area contributed by atoms with Crippen LogP contribution in [-0.4, -0.2) is 11.5 Å². The highest BCUT2D eigenvalue weighted by molar-refractivity contribution is 7.99. The fraction of sp³-hybridized carbons (Fsp3) is 0.267. The largest absolute Gasteiger partial charge is 0.313 e. The molecule has 5 heteroatoms. The Morgan fingerprint density at radius 1 is 1.30 bits per heavy atom. The van der Waals surface area contributed by atoms with E-state index in [0.717, 1.165) is 17.9 Å². The Morgan fingerprint density at radius 3 is 2.90 bits per heavy atom. The van der Waals surface area contributed by atoms with Crippen LogP contribution in [0.25, 0.3) is 0 Å². The van der Waals surface area contributed by atoms with E-state index in [1.54, 1.807) is 24.4 Å². The maximum Gasteiger partial charge on any atom is 0.128 e. The highest BCUT2D eigenvalue weighted by atomic mass is 35.5. The van der Waals surface area contributed by atoms with Gasteiger partial charge in [-0.3, -0.25) is 0 Å². The third-order valence-corrected chi connectivity index (χ3v) is 4.27. The Morgan fingerprint density at radius 2 is 2.15 bits per heavy atom. The average molecular weight is 311 g/mol. The van der Waals surface area contributed by atoms with E-state index < -0.39 is 0 Å². The second-order valence-corrected chi connectivity index (χ2v) is 5.72. The number of rotatable bonds is 6. The molecule has 1 aromatic carbocycles. The van der Waals surface area contributed by atoms with Crippen LogP contribution in [-0.2, 0) is 6.54 Å². The van der Waals surface area contributed by atoms with Gasteiger partial charge in [-0.1, -0.05) is 36.4 Å². The van der Waals surface area contributed by atoms with Crippen LogP contribution in [0.5, 0.6) is 0 Å². The van der Waals surface area contributed by atoms with Crippen molar-refractivity contribution < 1.29 is 4.39 Å².